The van der Waals surface area contributed by atoms with Crippen LogP contribution in [0.1, 0.15) is 12.5 Å². The van der Waals surface area contributed by atoms with E-state index in [1.807, 2.05) is 30.3 Å². The lowest BCUT2D eigenvalue weighted by Crippen LogP contribution is -2.17. The summed E-state index contributed by atoms with van der Waals surface area (Å²) in [5, 5.41) is 0. The SMILES string of the molecule is CCN(c1nc2c(N)cccc2o1)c1ccccc1C. The molecule has 2 aromatic carbocycles. The van der Waals surface area contributed by atoms with Crippen LogP contribution in [0.3, 0.4) is 0 Å². The molecule has 0 amide bonds. The molecule has 0 saturated carbocycles. The molecule has 102 valence electrons. The second-order valence-corrected chi connectivity index (χ2v) is 4.72. The van der Waals surface area contributed by atoms with Crippen molar-refractivity contribution in [2.24, 2.45) is 0 Å². The third-order valence-corrected chi connectivity index (χ3v) is 3.39. The molecule has 1 aromatic heterocycles. The summed E-state index contributed by atoms with van der Waals surface area (Å²) >= 11 is 0. The van der Waals surface area contributed by atoms with Crippen LogP contribution in [-0.2, 0) is 0 Å². The topological polar surface area (TPSA) is 55.3 Å². The lowest BCUT2D eigenvalue weighted by molar-refractivity contribution is 0.595. The number of aryl methyl sites for hydroxylation is 1. The van der Waals surface area contributed by atoms with Crippen molar-refractivity contribution in [2.75, 3.05) is 17.2 Å². The summed E-state index contributed by atoms with van der Waals surface area (Å²) in [7, 11) is 0. The van der Waals surface area contributed by atoms with Gasteiger partial charge in [-0.2, -0.15) is 4.98 Å². The minimum Gasteiger partial charge on any atom is -0.423 e. The predicted octanol–water partition coefficient (Wildman–Crippen LogP) is 3.88. The van der Waals surface area contributed by atoms with Gasteiger partial charge in [-0.05, 0) is 37.6 Å². The number of nitrogen functional groups attached to an aromatic ring is 1. The summed E-state index contributed by atoms with van der Waals surface area (Å²) in [5.41, 5.74) is 10.3. The van der Waals surface area contributed by atoms with E-state index in [4.69, 9.17) is 10.2 Å². The highest BCUT2D eigenvalue weighted by molar-refractivity contribution is 5.87. The fraction of sp³-hybridized carbons (Fsp3) is 0.188. The van der Waals surface area contributed by atoms with Crippen LogP contribution in [0.25, 0.3) is 11.1 Å². The molecular formula is C16H17N3O. The Kier molecular flexibility index (Phi) is 3.06. The number of anilines is 3. The molecule has 0 aliphatic heterocycles. The Hall–Kier alpha value is -2.49. The minimum atomic E-state index is 0.578. The van der Waals surface area contributed by atoms with Crippen LogP contribution < -0.4 is 10.6 Å². The minimum absolute atomic E-state index is 0.578. The first-order valence-electron chi connectivity index (χ1n) is 6.69. The molecule has 2 N–H and O–H groups in total. The quantitative estimate of drug-likeness (QED) is 0.732. The van der Waals surface area contributed by atoms with Crippen LogP contribution in [0.15, 0.2) is 46.9 Å². The number of rotatable bonds is 3. The van der Waals surface area contributed by atoms with E-state index in [0.717, 1.165) is 17.7 Å². The van der Waals surface area contributed by atoms with Gasteiger partial charge in [-0.3, -0.25) is 4.90 Å². The first-order chi connectivity index (χ1) is 9.70. The Bertz CT molecular complexity index is 748. The molecule has 0 atom stereocenters. The molecule has 3 aromatic rings. The van der Waals surface area contributed by atoms with Gasteiger partial charge >= 0.3 is 6.01 Å². The fourth-order valence-corrected chi connectivity index (χ4v) is 2.35. The molecule has 0 aliphatic carbocycles. The van der Waals surface area contributed by atoms with Crippen molar-refractivity contribution < 1.29 is 4.42 Å². The molecule has 4 nitrogen and oxygen atoms in total. The molecule has 0 spiro atoms. The predicted molar refractivity (Wildman–Crippen MR) is 82.3 cm³/mol. The van der Waals surface area contributed by atoms with Gasteiger partial charge in [-0.1, -0.05) is 24.3 Å². The molecule has 0 unspecified atom stereocenters. The Labute approximate surface area is 117 Å². The first kappa shape index (κ1) is 12.5. The largest absolute Gasteiger partial charge is 0.423 e. The average Bonchev–Trinajstić information content (AvgIpc) is 2.87. The van der Waals surface area contributed by atoms with Crippen LogP contribution in [0.2, 0.25) is 0 Å². The van der Waals surface area contributed by atoms with Crippen molar-refractivity contribution in [2.45, 2.75) is 13.8 Å². The van der Waals surface area contributed by atoms with Crippen LogP contribution in [-0.4, -0.2) is 11.5 Å². The second kappa shape index (κ2) is 4.89. The monoisotopic (exact) mass is 267 g/mol. The highest BCUT2D eigenvalue weighted by Gasteiger charge is 2.16. The van der Waals surface area contributed by atoms with Gasteiger partial charge in [-0.25, -0.2) is 0 Å². The molecule has 0 saturated heterocycles. The lowest BCUT2D eigenvalue weighted by atomic mass is 10.2. The maximum atomic E-state index is 5.94. The van der Waals surface area contributed by atoms with E-state index in [2.05, 4.69) is 35.9 Å². The maximum Gasteiger partial charge on any atom is 0.303 e. The van der Waals surface area contributed by atoms with Gasteiger partial charge in [0.05, 0.1) is 5.69 Å². The number of benzene rings is 2. The van der Waals surface area contributed by atoms with Crippen LogP contribution in [0.4, 0.5) is 17.4 Å². The molecule has 0 aliphatic rings. The van der Waals surface area contributed by atoms with E-state index in [0.29, 0.717) is 17.3 Å². The van der Waals surface area contributed by atoms with Crippen molar-refractivity contribution >= 4 is 28.5 Å². The number of oxazole rings is 1. The fourth-order valence-electron chi connectivity index (χ4n) is 2.35. The molecule has 20 heavy (non-hydrogen) atoms. The number of hydrogen-bond acceptors (Lipinski definition) is 4. The van der Waals surface area contributed by atoms with Gasteiger partial charge in [0.25, 0.3) is 0 Å². The Morgan fingerprint density at radius 1 is 1.15 bits per heavy atom. The van der Waals surface area contributed by atoms with E-state index in [-0.39, 0.29) is 0 Å². The molecule has 1 heterocycles. The van der Waals surface area contributed by atoms with Gasteiger partial charge in [0.1, 0.15) is 5.52 Å². The summed E-state index contributed by atoms with van der Waals surface area (Å²) < 4.78 is 5.85. The summed E-state index contributed by atoms with van der Waals surface area (Å²) in [6.45, 7) is 4.93. The third-order valence-electron chi connectivity index (χ3n) is 3.39. The van der Waals surface area contributed by atoms with Crippen molar-refractivity contribution in [1.29, 1.82) is 0 Å². The van der Waals surface area contributed by atoms with Gasteiger partial charge in [0.2, 0.25) is 0 Å². The highest BCUT2D eigenvalue weighted by Crippen LogP contribution is 2.31. The number of para-hydroxylation sites is 2. The van der Waals surface area contributed by atoms with Crippen LogP contribution in [0.5, 0.6) is 0 Å². The molecule has 0 radical (unpaired) electrons. The molecule has 4 heteroatoms. The molecule has 0 bridgehead atoms. The number of nitrogens with two attached hydrogens (primary N) is 1. The zero-order chi connectivity index (χ0) is 14.1. The maximum absolute atomic E-state index is 5.94. The molecular weight excluding hydrogens is 250 g/mol. The third kappa shape index (κ3) is 1.99. The zero-order valence-corrected chi connectivity index (χ0v) is 11.6. The normalized spacial score (nSPS) is 10.9. The van der Waals surface area contributed by atoms with E-state index in [1.165, 1.54) is 5.56 Å². The van der Waals surface area contributed by atoms with Gasteiger partial charge in [0, 0.05) is 12.2 Å². The average molecular weight is 267 g/mol. The smallest absolute Gasteiger partial charge is 0.303 e. The van der Waals surface area contributed by atoms with Crippen LogP contribution in [0, 0.1) is 6.92 Å². The first-order valence-corrected chi connectivity index (χ1v) is 6.69. The number of aromatic nitrogens is 1. The summed E-state index contributed by atoms with van der Waals surface area (Å²) in [5.74, 6) is 0. The van der Waals surface area contributed by atoms with Gasteiger partial charge < -0.3 is 10.2 Å². The number of fused-ring (bicyclic) bond motifs is 1. The Balaban J connectivity index is 2.12. The summed E-state index contributed by atoms with van der Waals surface area (Å²) in [4.78, 5) is 6.59. The molecule has 3 rings (SSSR count). The van der Waals surface area contributed by atoms with Gasteiger partial charge in [-0.15, -0.1) is 0 Å². The van der Waals surface area contributed by atoms with E-state index in [9.17, 15) is 0 Å². The number of nitrogens with zero attached hydrogens (tertiary/aromatic N) is 2. The lowest BCUT2D eigenvalue weighted by Gasteiger charge is -2.20. The van der Waals surface area contributed by atoms with Gasteiger partial charge in [0.15, 0.2) is 5.58 Å². The van der Waals surface area contributed by atoms with E-state index >= 15 is 0 Å². The summed E-state index contributed by atoms with van der Waals surface area (Å²) in [6.07, 6.45) is 0. The standard InChI is InChI=1S/C16H17N3O/c1-3-19(13-9-5-4-7-11(13)2)16-18-15-12(17)8-6-10-14(15)20-16/h4-10H,3,17H2,1-2H3. The van der Waals surface area contributed by atoms with Crippen molar-refractivity contribution in [3.8, 4) is 0 Å². The Morgan fingerprint density at radius 3 is 2.65 bits per heavy atom. The van der Waals surface area contributed by atoms with Crippen molar-refractivity contribution in [1.82, 2.24) is 4.98 Å². The van der Waals surface area contributed by atoms with E-state index < -0.39 is 0 Å². The second-order valence-electron chi connectivity index (χ2n) is 4.72. The Morgan fingerprint density at radius 2 is 1.95 bits per heavy atom. The highest BCUT2D eigenvalue weighted by atomic mass is 16.4. The molecule has 0 fully saturated rings. The number of hydrogen-bond donors (Lipinski definition) is 1. The van der Waals surface area contributed by atoms with Crippen molar-refractivity contribution in [3.05, 3.63) is 48.0 Å². The van der Waals surface area contributed by atoms with E-state index in [1.54, 1.807) is 0 Å². The zero-order valence-electron chi connectivity index (χ0n) is 11.6. The van der Waals surface area contributed by atoms with Crippen LogP contribution >= 0.6 is 0 Å². The van der Waals surface area contributed by atoms with Crippen molar-refractivity contribution in [3.63, 3.8) is 0 Å². The summed E-state index contributed by atoms with van der Waals surface area (Å²) in [6, 6.07) is 14.4.